The van der Waals surface area contributed by atoms with E-state index in [1.165, 1.54) is 0 Å². The molecular formula is C15H12BrNO2. The summed E-state index contributed by atoms with van der Waals surface area (Å²) in [4.78, 5) is 5.41. The highest BCUT2D eigenvalue weighted by Gasteiger charge is 2.17. The second kappa shape index (κ2) is 5.47. The van der Waals surface area contributed by atoms with Gasteiger partial charge in [0, 0.05) is 0 Å². The summed E-state index contributed by atoms with van der Waals surface area (Å²) in [6.45, 7) is 0. The third-order valence-electron chi connectivity index (χ3n) is 2.75. The number of nitrogens with one attached hydrogen (secondary N) is 1. The Morgan fingerprint density at radius 3 is 2.53 bits per heavy atom. The largest absolute Gasteiger partial charge is 0.457 e. The lowest BCUT2D eigenvalue weighted by Crippen LogP contribution is -2.05. The van der Waals surface area contributed by atoms with Crippen LogP contribution in [0.3, 0.4) is 0 Å². The molecule has 0 aromatic heterocycles. The Kier molecular flexibility index (Phi) is 3.53. The Bertz CT molecular complexity index is 598. The van der Waals surface area contributed by atoms with Gasteiger partial charge in [0.05, 0.1) is 0 Å². The zero-order chi connectivity index (χ0) is 13.1. The highest BCUT2D eigenvalue weighted by molar-refractivity contribution is 9.11. The molecule has 0 amide bonds. The third kappa shape index (κ3) is 2.97. The van der Waals surface area contributed by atoms with E-state index in [4.69, 9.17) is 9.57 Å². The number of hydrogen-bond donors (Lipinski definition) is 1. The van der Waals surface area contributed by atoms with Crippen molar-refractivity contribution in [3.8, 4) is 11.5 Å². The molecule has 4 heteroatoms. The quantitative estimate of drug-likeness (QED) is 0.856. The fraction of sp³-hybridized carbons (Fsp3) is 0.0667. The number of hydroxylamine groups is 1. The van der Waals surface area contributed by atoms with E-state index in [1.54, 1.807) is 0 Å². The van der Waals surface area contributed by atoms with Crippen LogP contribution in [0.4, 0.5) is 0 Å². The molecule has 0 fully saturated rings. The highest BCUT2D eigenvalue weighted by Crippen LogP contribution is 2.29. The molecule has 1 aliphatic heterocycles. The zero-order valence-electron chi connectivity index (χ0n) is 10.0. The molecule has 1 heterocycles. The SMILES string of the molecule is BrC1=C[C@H](c2cccc(Oc3ccccc3)c2)ON1. The summed E-state index contributed by atoms with van der Waals surface area (Å²) in [5.74, 6) is 1.62. The van der Waals surface area contributed by atoms with Crippen LogP contribution in [-0.2, 0) is 4.84 Å². The summed E-state index contributed by atoms with van der Waals surface area (Å²) in [6.07, 6.45) is 1.86. The van der Waals surface area contributed by atoms with E-state index in [-0.39, 0.29) is 6.10 Å². The van der Waals surface area contributed by atoms with E-state index in [9.17, 15) is 0 Å². The Balaban J connectivity index is 1.80. The molecule has 2 aromatic rings. The van der Waals surface area contributed by atoms with Crippen LogP contribution in [0.2, 0.25) is 0 Å². The van der Waals surface area contributed by atoms with Gasteiger partial charge in [-0.15, -0.1) is 0 Å². The molecule has 0 bridgehead atoms. The van der Waals surface area contributed by atoms with E-state index in [2.05, 4.69) is 21.4 Å². The molecule has 19 heavy (non-hydrogen) atoms. The lowest BCUT2D eigenvalue weighted by Gasteiger charge is -2.10. The van der Waals surface area contributed by atoms with E-state index in [1.807, 2.05) is 60.7 Å². The smallest absolute Gasteiger partial charge is 0.132 e. The second-order valence-electron chi connectivity index (χ2n) is 4.14. The first-order valence-corrected chi connectivity index (χ1v) is 6.72. The molecular weight excluding hydrogens is 306 g/mol. The molecule has 3 rings (SSSR count). The van der Waals surface area contributed by atoms with Crippen molar-refractivity contribution in [3.05, 3.63) is 70.8 Å². The fourth-order valence-electron chi connectivity index (χ4n) is 1.86. The molecule has 3 nitrogen and oxygen atoms in total. The summed E-state index contributed by atoms with van der Waals surface area (Å²) < 4.78 is 6.64. The number of ether oxygens (including phenoxy) is 1. The van der Waals surface area contributed by atoms with Crippen LogP contribution in [0.5, 0.6) is 11.5 Å². The predicted molar refractivity (Wildman–Crippen MR) is 76.9 cm³/mol. The Morgan fingerprint density at radius 1 is 1.00 bits per heavy atom. The van der Waals surface area contributed by atoms with Crippen molar-refractivity contribution in [2.45, 2.75) is 6.10 Å². The van der Waals surface area contributed by atoms with Gasteiger partial charge in [0.2, 0.25) is 0 Å². The molecule has 2 aromatic carbocycles. The van der Waals surface area contributed by atoms with Crippen molar-refractivity contribution in [3.63, 3.8) is 0 Å². The van der Waals surface area contributed by atoms with Gasteiger partial charge in [-0.25, -0.2) is 0 Å². The Morgan fingerprint density at radius 2 is 1.79 bits per heavy atom. The van der Waals surface area contributed by atoms with Crippen molar-refractivity contribution >= 4 is 15.9 Å². The van der Waals surface area contributed by atoms with Crippen molar-refractivity contribution < 1.29 is 9.57 Å². The molecule has 0 saturated heterocycles. The fourth-order valence-corrected chi connectivity index (χ4v) is 2.20. The molecule has 1 atom stereocenters. The zero-order valence-corrected chi connectivity index (χ0v) is 11.6. The van der Waals surface area contributed by atoms with E-state index in [0.29, 0.717) is 0 Å². The van der Waals surface area contributed by atoms with Crippen LogP contribution in [-0.4, -0.2) is 0 Å². The molecule has 96 valence electrons. The molecule has 0 radical (unpaired) electrons. The van der Waals surface area contributed by atoms with E-state index >= 15 is 0 Å². The number of halogens is 1. The maximum atomic E-state index is 5.80. The molecule has 1 N–H and O–H groups in total. The van der Waals surface area contributed by atoms with Gasteiger partial charge in [0.1, 0.15) is 22.2 Å². The number of hydrogen-bond acceptors (Lipinski definition) is 3. The van der Waals surface area contributed by atoms with Crippen molar-refractivity contribution in [1.82, 2.24) is 5.48 Å². The van der Waals surface area contributed by atoms with Gasteiger partial charge in [-0.3, -0.25) is 10.3 Å². The van der Waals surface area contributed by atoms with Gasteiger partial charge >= 0.3 is 0 Å². The lowest BCUT2D eigenvalue weighted by molar-refractivity contribution is 0.0457. The first kappa shape index (κ1) is 12.3. The monoisotopic (exact) mass is 317 g/mol. The van der Waals surface area contributed by atoms with Gasteiger partial charge in [0.25, 0.3) is 0 Å². The van der Waals surface area contributed by atoms with Crippen LogP contribution < -0.4 is 10.2 Å². The van der Waals surface area contributed by atoms with Crippen LogP contribution in [0.15, 0.2) is 65.3 Å². The first-order chi connectivity index (χ1) is 9.31. The van der Waals surface area contributed by atoms with Crippen LogP contribution >= 0.6 is 15.9 Å². The average Bonchev–Trinajstić information content (AvgIpc) is 2.87. The first-order valence-electron chi connectivity index (χ1n) is 5.93. The Labute approximate surface area is 119 Å². The summed E-state index contributed by atoms with van der Waals surface area (Å²) in [5.41, 5.74) is 3.81. The predicted octanol–water partition coefficient (Wildman–Crippen LogP) is 4.29. The van der Waals surface area contributed by atoms with Gasteiger partial charge in [-0.2, -0.15) is 0 Å². The maximum absolute atomic E-state index is 5.80. The van der Waals surface area contributed by atoms with Crippen LogP contribution in [0.25, 0.3) is 0 Å². The van der Waals surface area contributed by atoms with Crippen molar-refractivity contribution in [1.29, 1.82) is 0 Å². The minimum absolute atomic E-state index is 0.103. The topological polar surface area (TPSA) is 30.5 Å². The number of benzene rings is 2. The number of rotatable bonds is 3. The van der Waals surface area contributed by atoms with Gasteiger partial charge in [-0.05, 0) is 51.8 Å². The minimum atomic E-state index is -0.103. The molecule has 0 unspecified atom stereocenters. The van der Waals surface area contributed by atoms with Crippen molar-refractivity contribution in [2.24, 2.45) is 0 Å². The maximum Gasteiger partial charge on any atom is 0.132 e. The standard InChI is InChI=1S/C15H12BrNO2/c16-15-10-14(19-17-15)11-5-4-8-13(9-11)18-12-6-2-1-3-7-12/h1-10,14,17H/t14-/m1/s1. The molecule has 0 saturated carbocycles. The summed E-state index contributed by atoms with van der Waals surface area (Å²) in [7, 11) is 0. The highest BCUT2D eigenvalue weighted by atomic mass is 79.9. The summed E-state index contributed by atoms with van der Waals surface area (Å²) in [5, 5.41) is 0. The summed E-state index contributed by atoms with van der Waals surface area (Å²) >= 11 is 3.34. The summed E-state index contributed by atoms with van der Waals surface area (Å²) in [6, 6.07) is 17.6. The van der Waals surface area contributed by atoms with Gasteiger partial charge in [-0.1, -0.05) is 30.3 Å². The van der Waals surface area contributed by atoms with Gasteiger partial charge in [0.15, 0.2) is 0 Å². The third-order valence-corrected chi connectivity index (χ3v) is 3.17. The lowest BCUT2D eigenvalue weighted by atomic mass is 10.1. The Hall–Kier alpha value is -1.78. The van der Waals surface area contributed by atoms with Gasteiger partial charge < -0.3 is 4.74 Å². The van der Waals surface area contributed by atoms with Crippen LogP contribution in [0.1, 0.15) is 11.7 Å². The second-order valence-corrected chi connectivity index (χ2v) is 5.00. The molecule has 1 aliphatic rings. The van der Waals surface area contributed by atoms with Crippen LogP contribution in [0, 0.1) is 0 Å². The van der Waals surface area contributed by atoms with E-state index < -0.39 is 0 Å². The number of para-hydroxylation sites is 1. The normalized spacial score (nSPS) is 17.7. The van der Waals surface area contributed by atoms with E-state index in [0.717, 1.165) is 21.7 Å². The van der Waals surface area contributed by atoms with Crippen molar-refractivity contribution in [2.75, 3.05) is 0 Å². The minimum Gasteiger partial charge on any atom is -0.457 e. The molecule has 0 spiro atoms. The molecule has 0 aliphatic carbocycles. The average molecular weight is 318 g/mol.